The van der Waals surface area contributed by atoms with Gasteiger partial charge in [0.1, 0.15) is 5.82 Å². The smallest absolute Gasteiger partial charge is 0.126 e. The third-order valence-electron chi connectivity index (χ3n) is 4.98. The van der Waals surface area contributed by atoms with Crippen molar-refractivity contribution in [2.24, 2.45) is 23.5 Å². The molecular weight excluding hydrogens is 305 g/mol. The molecule has 2 aliphatic rings. The van der Waals surface area contributed by atoms with Gasteiger partial charge in [0.2, 0.25) is 0 Å². The summed E-state index contributed by atoms with van der Waals surface area (Å²) in [7, 11) is 0. The van der Waals surface area contributed by atoms with Crippen LogP contribution in [0, 0.1) is 23.6 Å². The average Bonchev–Trinajstić information content (AvgIpc) is 2.96. The van der Waals surface area contributed by atoms with Crippen LogP contribution < -0.4 is 5.73 Å². The molecule has 0 saturated heterocycles. The van der Waals surface area contributed by atoms with E-state index in [2.05, 4.69) is 15.9 Å². The van der Waals surface area contributed by atoms with Crippen molar-refractivity contribution < 1.29 is 4.39 Å². The summed E-state index contributed by atoms with van der Waals surface area (Å²) in [6.07, 6.45) is 7.32. The molecule has 3 heteroatoms. The van der Waals surface area contributed by atoms with Crippen molar-refractivity contribution in [1.82, 2.24) is 0 Å². The maximum Gasteiger partial charge on any atom is 0.126 e. The minimum Gasteiger partial charge on any atom is -0.327 e. The number of hydrogen-bond donors (Lipinski definition) is 1. The molecule has 0 aliphatic heterocycles. The SMILES string of the molecule is NC(Cc1cc(Br)ccc1F)CC1CC2CCC1C2. The molecule has 4 unspecified atom stereocenters. The van der Waals surface area contributed by atoms with Gasteiger partial charge < -0.3 is 5.73 Å². The van der Waals surface area contributed by atoms with E-state index < -0.39 is 0 Å². The molecule has 104 valence electrons. The van der Waals surface area contributed by atoms with Crippen LogP contribution in [0.5, 0.6) is 0 Å². The van der Waals surface area contributed by atoms with E-state index in [9.17, 15) is 4.39 Å². The first-order chi connectivity index (χ1) is 9.11. The predicted octanol–water partition coefficient (Wildman–Crippen LogP) is 4.28. The van der Waals surface area contributed by atoms with Crippen molar-refractivity contribution in [3.8, 4) is 0 Å². The second-order valence-electron chi connectivity index (χ2n) is 6.37. The summed E-state index contributed by atoms with van der Waals surface area (Å²) in [5, 5.41) is 0. The fraction of sp³-hybridized carbons (Fsp3) is 0.625. The molecule has 1 aromatic rings. The zero-order valence-corrected chi connectivity index (χ0v) is 12.7. The van der Waals surface area contributed by atoms with Crippen molar-refractivity contribution >= 4 is 15.9 Å². The fourth-order valence-electron chi connectivity index (χ4n) is 4.12. The lowest BCUT2D eigenvalue weighted by Crippen LogP contribution is -2.28. The van der Waals surface area contributed by atoms with Crippen molar-refractivity contribution in [3.05, 3.63) is 34.1 Å². The third kappa shape index (κ3) is 3.03. The molecule has 0 radical (unpaired) electrons. The van der Waals surface area contributed by atoms with Crippen LogP contribution in [0.3, 0.4) is 0 Å². The third-order valence-corrected chi connectivity index (χ3v) is 5.47. The molecule has 2 fully saturated rings. The van der Waals surface area contributed by atoms with Gasteiger partial charge in [0, 0.05) is 10.5 Å². The fourth-order valence-corrected chi connectivity index (χ4v) is 4.53. The topological polar surface area (TPSA) is 26.0 Å². The van der Waals surface area contributed by atoms with Crippen LogP contribution in [-0.4, -0.2) is 6.04 Å². The van der Waals surface area contributed by atoms with E-state index in [0.717, 1.165) is 34.2 Å². The van der Waals surface area contributed by atoms with E-state index >= 15 is 0 Å². The molecular formula is C16H21BrFN. The first kappa shape index (κ1) is 13.6. The highest BCUT2D eigenvalue weighted by atomic mass is 79.9. The standard InChI is InChI=1S/C16H21BrFN/c17-14-3-4-16(18)13(7-14)9-15(19)8-12-6-10-1-2-11(12)5-10/h3-4,7,10-12,15H,1-2,5-6,8-9,19H2. The lowest BCUT2D eigenvalue weighted by molar-refractivity contribution is 0.293. The van der Waals surface area contributed by atoms with Crippen LogP contribution in [0.15, 0.2) is 22.7 Å². The highest BCUT2D eigenvalue weighted by Gasteiger charge is 2.39. The van der Waals surface area contributed by atoms with E-state index in [4.69, 9.17) is 5.73 Å². The van der Waals surface area contributed by atoms with Gasteiger partial charge in [0.25, 0.3) is 0 Å². The minimum atomic E-state index is -0.133. The molecule has 4 atom stereocenters. The number of nitrogens with two attached hydrogens (primary N) is 1. The highest BCUT2D eigenvalue weighted by molar-refractivity contribution is 9.10. The van der Waals surface area contributed by atoms with Gasteiger partial charge in [-0.1, -0.05) is 22.4 Å². The normalized spacial score (nSPS) is 30.8. The molecule has 0 spiro atoms. The number of fused-ring (bicyclic) bond motifs is 2. The molecule has 19 heavy (non-hydrogen) atoms. The Balaban J connectivity index is 1.59. The Morgan fingerprint density at radius 2 is 2.16 bits per heavy atom. The van der Waals surface area contributed by atoms with E-state index in [1.165, 1.54) is 31.7 Å². The maximum atomic E-state index is 13.7. The summed E-state index contributed by atoms with van der Waals surface area (Å²) in [5.41, 5.74) is 7.00. The van der Waals surface area contributed by atoms with Gasteiger partial charge in [0.05, 0.1) is 0 Å². The molecule has 1 aromatic carbocycles. The second kappa shape index (κ2) is 5.53. The van der Waals surface area contributed by atoms with Crippen molar-refractivity contribution in [2.45, 2.75) is 44.6 Å². The molecule has 2 N–H and O–H groups in total. The van der Waals surface area contributed by atoms with Gasteiger partial charge in [-0.05, 0) is 73.6 Å². The van der Waals surface area contributed by atoms with Crippen molar-refractivity contribution in [2.75, 3.05) is 0 Å². The number of rotatable bonds is 4. The average molecular weight is 326 g/mol. The first-order valence-electron chi connectivity index (χ1n) is 7.31. The Labute approximate surface area is 122 Å². The first-order valence-corrected chi connectivity index (χ1v) is 8.10. The minimum absolute atomic E-state index is 0.0909. The Morgan fingerprint density at radius 3 is 2.84 bits per heavy atom. The van der Waals surface area contributed by atoms with Crippen LogP contribution in [0.1, 0.15) is 37.7 Å². The molecule has 0 aromatic heterocycles. The predicted molar refractivity (Wildman–Crippen MR) is 79.3 cm³/mol. The Hall–Kier alpha value is -0.410. The van der Waals surface area contributed by atoms with Crippen LogP contribution in [0.2, 0.25) is 0 Å². The Bertz CT molecular complexity index is 462. The van der Waals surface area contributed by atoms with Gasteiger partial charge in [0.15, 0.2) is 0 Å². The van der Waals surface area contributed by atoms with Crippen LogP contribution in [0.25, 0.3) is 0 Å². The van der Waals surface area contributed by atoms with Crippen LogP contribution in [-0.2, 0) is 6.42 Å². The van der Waals surface area contributed by atoms with Gasteiger partial charge in [-0.3, -0.25) is 0 Å². The largest absolute Gasteiger partial charge is 0.327 e. The summed E-state index contributed by atoms with van der Waals surface area (Å²) in [6.45, 7) is 0. The summed E-state index contributed by atoms with van der Waals surface area (Å²) in [4.78, 5) is 0. The van der Waals surface area contributed by atoms with Gasteiger partial charge >= 0.3 is 0 Å². The molecule has 2 bridgehead atoms. The molecule has 3 rings (SSSR count). The van der Waals surface area contributed by atoms with Crippen molar-refractivity contribution in [1.29, 1.82) is 0 Å². The summed E-state index contributed by atoms with van der Waals surface area (Å²) in [6, 6.07) is 5.20. The zero-order chi connectivity index (χ0) is 13.4. The van der Waals surface area contributed by atoms with E-state index in [1.54, 1.807) is 6.07 Å². The van der Waals surface area contributed by atoms with Gasteiger partial charge in [-0.2, -0.15) is 0 Å². The summed E-state index contributed by atoms with van der Waals surface area (Å²) >= 11 is 3.39. The zero-order valence-electron chi connectivity index (χ0n) is 11.1. The van der Waals surface area contributed by atoms with Gasteiger partial charge in [-0.25, -0.2) is 4.39 Å². The number of benzene rings is 1. The van der Waals surface area contributed by atoms with E-state index in [1.807, 2.05) is 6.07 Å². The quantitative estimate of drug-likeness (QED) is 0.878. The van der Waals surface area contributed by atoms with Crippen LogP contribution >= 0.6 is 15.9 Å². The Morgan fingerprint density at radius 1 is 1.32 bits per heavy atom. The molecule has 1 nitrogen and oxygen atoms in total. The molecule has 2 aliphatic carbocycles. The van der Waals surface area contributed by atoms with E-state index in [0.29, 0.717) is 6.42 Å². The van der Waals surface area contributed by atoms with Gasteiger partial charge in [-0.15, -0.1) is 0 Å². The number of hydrogen-bond acceptors (Lipinski definition) is 1. The Kier molecular flexibility index (Phi) is 3.95. The van der Waals surface area contributed by atoms with Crippen molar-refractivity contribution in [3.63, 3.8) is 0 Å². The highest BCUT2D eigenvalue weighted by Crippen LogP contribution is 2.49. The number of halogens is 2. The molecule has 2 saturated carbocycles. The summed E-state index contributed by atoms with van der Waals surface area (Å²) < 4.78 is 14.6. The monoisotopic (exact) mass is 325 g/mol. The van der Waals surface area contributed by atoms with E-state index in [-0.39, 0.29) is 11.9 Å². The summed E-state index contributed by atoms with van der Waals surface area (Å²) in [5.74, 6) is 2.53. The maximum absolute atomic E-state index is 13.7. The second-order valence-corrected chi connectivity index (χ2v) is 7.29. The lowest BCUT2D eigenvalue weighted by Gasteiger charge is -2.24. The molecule has 0 amide bonds. The molecule has 0 heterocycles. The lowest BCUT2D eigenvalue weighted by atomic mass is 9.83. The van der Waals surface area contributed by atoms with Crippen LogP contribution in [0.4, 0.5) is 4.39 Å².